The lowest BCUT2D eigenvalue weighted by Crippen LogP contribution is -2.42. The highest BCUT2D eigenvalue weighted by atomic mass is 15.4. The van der Waals surface area contributed by atoms with E-state index < -0.39 is 0 Å². The van der Waals surface area contributed by atoms with Crippen LogP contribution in [0.25, 0.3) is 0 Å². The van der Waals surface area contributed by atoms with E-state index in [2.05, 4.69) is 99.9 Å². The van der Waals surface area contributed by atoms with Gasteiger partial charge in [0.15, 0.2) is 11.7 Å². The summed E-state index contributed by atoms with van der Waals surface area (Å²) in [7, 11) is 0. The van der Waals surface area contributed by atoms with E-state index >= 15 is 0 Å². The van der Waals surface area contributed by atoms with Crippen molar-refractivity contribution in [2.24, 2.45) is 21.8 Å². The van der Waals surface area contributed by atoms with Gasteiger partial charge >= 0.3 is 0 Å². The fourth-order valence-corrected chi connectivity index (χ4v) is 7.72. The summed E-state index contributed by atoms with van der Waals surface area (Å²) in [5.41, 5.74) is 5.56. The molecule has 2 aliphatic heterocycles. The van der Waals surface area contributed by atoms with Gasteiger partial charge < -0.3 is 9.80 Å². The number of hydrogen-bond acceptors (Lipinski definition) is 4. The topological polar surface area (TPSA) is 31.2 Å². The number of benzene rings is 2. The Morgan fingerprint density at radius 2 is 0.833 bits per heavy atom. The van der Waals surface area contributed by atoms with Crippen LogP contribution in [0.15, 0.2) is 58.5 Å². The van der Waals surface area contributed by atoms with E-state index in [1.54, 1.807) is 0 Å². The van der Waals surface area contributed by atoms with Gasteiger partial charge in [-0.25, -0.2) is 0 Å². The third-order valence-corrected chi connectivity index (χ3v) is 10.5. The molecule has 2 fully saturated rings. The highest BCUT2D eigenvalue weighted by molar-refractivity contribution is 6.50. The zero-order valence-electron chi connectivity index (χ0n) is 27.2. The molecule has 4 aliphatic rings. The lowest BCUT2D eigenvalue weighted by molar-refractivity contribution is 0.315. The minimum absolute atomic E-state index is 0.143. The molecular weight excluding hydrogens is 512 g/mol. The van der Waals surface area contributed by atoms with Crippen LogP contribution in [0.3, 0.4) is 0 Å². The molecule has 0 unspecified atom stereocenters. The average molecular weight is 567 g/mol. The lowest BCUT2D eigenvalue weighted by Gasteiger charge is -2.29. The summed E-state index contributed by atoms with van der Waals surface area (Å²) in [6.07, 6.45) is 13.4. The van der Waals surface area contributed by atoms with E-state index in [0.717, 1.165) is 24.8 Å². The molecule has 0 N–H and O–H groups in total. The van der Waals surface area contributed by atoms with E-state index in [9.17, 15) is 0 Å². The van der Waals surface area contributed by atoms with E-state index in [4.69, 9.17) is 9.98 Å². The van der Waals surface area contributed by atoms with Gasteiger partial charge in [0.25, 0.3) is 0 Å². The van der Waals surface area contributed by atoms with Gasteiger partial charge in [0.1, 0.15) is 0 Å². The van der Waals surface area contributed by atoms with E-state index in [-0.39, 0.29) is 10.8 Å². The van der Waals surface area contributed by atoms with Crippen molar-refractivity contribution in [2.75, 3.05) is 22.9 Å². The molecule has 0 amide bonds. The molecule has 0 bridgehead atoms. The Morgan fingerprint density at radius 1 is 0.500 bits per heavy atom. The molecule has 4 nitrogen and oxygen atoms in total. The highest BCUT2D eigenvalue weighted by Crippen LogP contribution is 2.37. The summed E-state index contributed by atoms with van der Waals surface area (Å²) in [5.74, 6) is 3.58. The fraction of sp³-hybridized carbons (Fsp3) is 0.632. The predicted octanol–water partition coefficient (Wildman–Crippen LogP) is 9.32. The van der Waals surface area contributed by atoms with Crippen molar-refractivity contribution in [3.8, 4) is 0 Å². The third-order valence-electron chi connectivity index (χ3n) is 10.5. The van der Waals surface area contributed by atoms with Crippen molar-refractivity contribution in [1.29, 1.82) is 0 Å². The molecule has 42 heavy (non-hydrogen) atoms. The monoisotopic (exact) mass is 566 g/mol. The highest BCUT2D eigenvalue weighted by Gasteiger charge is 2.41. The minimum Gasteiger partial charge on any atom is -0.321 e. The van der Waals surface area contributed by atoms with Gasteiger partial charge in [-0.2, -0.15) is 0 Å². The maximum absolute atomic E-state index is 5.60. The van der Waals surface area contributed by atoms with Gasteiger partial charge in [-0.05, 0) is 83.7 Å². The molecule has 226 valence electrons. The van der Waals surface area contributed by atoms with Gasteiger partial charge in [-0.15, -0.1) is 0 Å². The van der Waals surface area contributed by atoms with Crippen LogP contribution in [-0.2, 0) is 10.8 Å². The quantitative estimate of drug-likeness (QED) is 0.361. The molecule has 2 aromatic rings. The van der Waals surface area contributed by atoms with Crippen molar-refractivity contribution in [1.82, 2.24) is 0 Å². The molecule has 2 saturated carbocycles. The molecule has 0 saturated heterocycles. The molecule has 2 atom stereocenters. The van der Waals surface area contributed by atoms with Crippen LogP contribution >= 0.6 is 0 Å². The first-order valence-corrected chi connectivity index (χ1v) is 17.0. The van der Waals surface area contributed by atoms with Crippen LogP contribution in [0, 0.1) is 11.8 Å². The number of amidine groups is 2. The Morgan fingerprint density at radius 3 is 1.14 bits per heavy atom. The molecule has 0 aromatic heterocycles. The fourth-order valence-electron chi connectivity index (χ4n) is 7.72. The second-order valence-electron chi connectivity index (χ2n) is 15.7. The SMILES string of the molecule is CC(C)(C)c1ccc(N2C[C@H](C3CCCCC3)N=C2C2=N[C@@H](C3CCCCC3)CN2c2ccc(C(C)(C)C)cc2)cc1. The predicted molar refractivity (Wildman–Crippen MR) is 181 cm³/mol. The van der Waals surface area contributed by atoms with Gasteiger partial charge in [-0.3, -0.25) is 9.98 Å². The summed E-state index contributed by atoms with van der Waals surface area (Å²) in [6, 6.07) is 19.3. The van der Waals surface area contributed by atoms with Gasteiger partial charge in [0.05, 0.1) is 12.1 Å². The summed E-state index contributed by atoms with van der Waals surface area (Å²) >= 11 is 0. The van der Waals surface area contributed by atoms with Crippen LogP contribution in [0.2, 0.25) is 0 Å². The Balaban J connectivity index is 1.39. The van der Waals surface area contributed by atoms with Crippen LogP contribution in [-0.4, -0.2) is 36.8 Å². The number of rotatable bonds is 5. The molecule has 4 heteroatoms. The van der Waals surface area contributed by atoms with Crippen molar-refractivity contribution in [3.63, 3.8) is 0 Å². The summed E-state index contributed by atoms with van der Waals surface area (Å²) in [5, 5.41) is 0. The molecular formula is C38H54N4. The van der Waals surface area contributed by atoms with Crippen molar-refractivity contribution in [2.45, 2.75) is 129 Å². The average Bonchev–Trinajstić information content (AvgIpc) is 3.63. The van der Waals surface area contributed by atoms with Crippen LogP contribution in [0.4, 0.5) is 11.4 Å². The Hall–Kier alpha value is -2.62. The third kappa shape index (κ3) is 6.19. The Kier molecular flexibility index (Phi) is 8.28. The van der Waals surface area contributed by atoms with Crippen LogP contribution in [0.5, 0.6) is 0 Å². The maximum atomic E-state index is 5.60. The molecule has 0 spiro atoms. The van der Waals surface area contributed by atoms with Crippen molar-refractivity contribution >= 4 is 23.0 Å². The Bertz CT molecular complexity index is 1160. The Labute approximate surface area is 255 Å². The second-order valence-corrected chi connectivity index (χ2v) is 15.7. The first-order valence-electron chi connectivity index (χ1n) is 17.0. The summed E-state index contributed by atoms with van der Waals surface area (Å²) in [6.45, 7) is 15.7. The van der Waals surface area contributed by atoms with E-state index in [1.165, 1.54) is 86.7 Å². The molecule has 2 aromatic carbocycles. The minimum atomic E-state index is 0.143. The number of anilines is 2. The molecule has 0 radical (unpaired) electrons. The van der Waals surface area contributed by atoms with Crippen LogP contribution in [0.1, 0.15) is 117 Å². The van der Waals surface area contributed by atoms with Crippen molar-refractivity contribution < 1.29 is 0 Å². The second kappa shape index (κ2) is 11.8. The molecule has 6 rings (SSSR count). The lowest BCUT2D eigenvalue weighted by atomic mass is 9.84. The van der Waals surface area contributed by atoms with Crippen LogP contribution < -0.4 is 9.80 Å². The van der Waals surface area contributed by atoms with Gasteiger partial charge in [0, 0.05) is 24.5 Å². The zero-order chi connectivity index (χ0) is 29.5. The molecule has 2 aliphatic carbocycles. The smallest absolute Gasteiger partial charge is 0.172 e. The normalized spacial score (nSPS) is 24.7. The van der Waals surface area contributed by atoms with E-state index in [0.29, 0.717) is 23.9 Å². The van der Waals surface area contributed by atoms with E-state index in [1.807, 2.05) is 0 Å². The van der Waals surface area contributed by atoms with Gasteiger partial charge in [-0.1, -0.05) is 104 Å². The maximum Gasteiger partial charge on any atom is 0.172 e. The van der Waals surface area contributed by atoms with Gasteiger partial charge in [0.2, 0.25) is 0 Å². The molecule has 2 heterocycles. The number of nitrogens with zero attached hydrogens (tertiary/aromatic N) is 4. The largest absolute Gasteiger partial charge is 0.321 e. The standard InChI is InChI=1S/C38H54N4/c1-37(2,3)29-17-21-31(22-18-29)41-25-33(27-13-9-7-10-14-27)39-35(41)36-40-34(28-15-11-8-12-16-28)26-42(36)32-23-19-30(20-24-32)38(4,5)6/h17-24,27-28,33-34H,7-16,25-26H2,1-6H3/t33-,34-/m1/s1. The first-order chi connectivity index (χ1) is 20.1. The first kappa shape index (κ1) is 29.5. The number of aliphatic imine (C=N–C) groups is 2. The summed E-state index contributed by atoms with van der Waals surface area (Å²) in [4.78, 5) is 16.2. The summed E-state index contributed by atoms with van der Waals surface area (Å²) < 4.78 is 0. The van der Waals surface area contributed by atoms with Crippen molar-refractivity contribution in [3.05, 3.63) is 59.7 Å². The zero-order valence-corrected chi connectivity index (χ0v) is 27.2. The number of hydrogen-bond donors (Lipinski definition) is 0.